The van der Waals surface area contributed by atoms with Crippen LogP contribution < -0.4 is 4.74 Å². The summed E-state index contributed by atoms with van der Waals surface area (Å²) in [6.07, 6.45) is 5.00. The lowest BCUT2D eigenvalue weighted by Crippen LogP contribution is -2.12. The number of hydrogen-bond acceptors (Lipinski definition) is 1. The number of ether oxygens (including phenoxy) is 1. The minimum atomic E-state index is 0.676. The van der Waals surface area contributed by atoms with Gasteiger partial charge in [0.05, 0.1) is 7.11 Å². The van der Waals surface area contributed by atoms with Crippen molar-refractivity contribution < 1.29 is 4.74 Å². The van der Waals surface area contributed by atoms with Gasteiger partial charge in [0.1, 0.15) is 5.75 Å². The number of rotatable bonds is 2. The first-order valence-corrected chi connectivity index (χ1v) is 6.84. The van der Waals surface area contributed by atoms with Gasteiger partial charge in [-0.05, 0) is 55.7 Å². The summed E-state index contributed by atoms with van der Waals surface area (Å²) in [5.41, 5.74) is 4.22. The molecule has 0 N–H and O–H groups in total. The van der Waals surface area contributed by atoms with Gasteiger partial charge in [0.15, 0.2) is 0 Å². The van der Waals surface area contributed by atoms with E-state index in [1.54, 1.807) is 7.11 Å². The van der Waals surface area contributed by atoms with E-state index in [1.165, 1.54) is 46.8 Å². The van der Waals surface area contributed by atoms with Crippen LogP contribution in [0.2, 0.25) is 0 Å². The Morgan fingerprint density at radius 1 is 1.50 bits per heavy atom. The number of fused-ring (bicyclic) bond motifs is 1. The van der Waals surface area contributed by atoms with E-state index < -0.39 is 0 Å². The van der Waals surface area contributed by atoms with Crippen LogP contribution >= 0.6 is 15.9 Å². The van der Waals surface area contributed by atoms with Crippen molar-refractivity contribution in [1.82, 2.24) is 0 Å². The SMILES string of the molecule is CC[C@@H]1CCCc2c(Br)c(C)cc(OC)c21. The van der Waals surface area contributed by atoms with E-state index in [9.17, 15) is 0 Å². The molecule has 1 nitrogen and oxygen atoms in total. The number of benzene rings is 1. The van der Waals surface area contributed by atoms with E-state index in [0.29, 0.717) is 5.92 Å². The summed E-state index contributed by atoms with van der Waals surface area (Å²) in [4.78, 5) is 0. The van der Waals surface area contributed by atoms with Gasteiger partial charge in [0.25, 0.3) is 0 Å². The molecule has 0 heterocycles. The second kappa shape index (κ2) is 4.79. The van der Waals surface area contributed by atoms with Crippen LogP contribution in [0.5, 0.6) is 5.75 Å². The van der Waals surface area contributed by atoms with Crippen LogP contribution in [0.15, 0.2) is 10.5 Å². The first kappa shape index (κ1) is 12.0. The molecule has 1 atom stereocenters. The Morgan fingerprint density at radius 2 is 2.25 bits per heavy atom. The van der Waals surface area contributed by atoms with Crippen molar-refractivity contribution in [2.75, 3.05) is 7.11 Å². The second-order valence-electron chi connectivity index (χ2n) is 4.60. The van der Waals surface area contributed by atoms with E-state index in [2.05, 4.69) is 35.8 Å². The third-order valence-electron chi connectivity index (χ3n) is 3.65. The van der Waals surface area contributed by atoms with Gasteiger partial charge >= 0.3 is 0 Å². The molecule has 0 radical (unpaired) electrons. The molecule has 0 spiro atoms. The second-order valence-corrected chi connectivity index (χ2v) is 5.39. The maximum absolute atomic E-state index is 5.56. The molecule has 0 fully saturated rings. The highest BCUT2D eigenvalue weighted by Gasteiger charge is 2.25. The standard InChI is InChI=1S/C14H19BrO/c1-4-10-6-5-7-11-13(10)12(16-3)8-9(2)14(11)15/h8,10H,4-7H2,1-3H3/t10-/m1/s1. The molecule has 0 aliphatic heterocycles. The van der Waals surface area contributed by atoms with Gasteiger partial charge in [0, 0.05) is 10.0 Å². The van der Waals surface area contributed by atoms with E-state index in [4.69, 9.17) is 4.74 Å². The van der Waals surface area contributed by atoms with Gasteiger partial charge in [0.2, 0.25) is 0 Å². The maximum Gasteiger partial charge on any atom is 0.122 e. The highest BCUT2D eigenvalue weighted by atomic mass is 79.9. The summed E-state index contributed by atoms with van der Waals surface area (Å²) < 4.78 is 6.85. The average Bonchev–Trinajstić information content (AvgIpc) is 2.32. The monoisotopic (exact) mass is 282 g/mol. The molecule has 2 rings (SSSR count). The van der Waals surface area contributed by atoms with Crippen LogP contribution in [-0.2, 0) is 6.42 Å². The van der Waals surface area contributed by atoms with Gasteiger partial charge in [-0.1, -0.05) is 22.9 Å². The van der Waals surface area contributed by atoms with E-state index in [0.717, 1.165) is 5.75 Å². The van der Waals surface area contributed by atoms with Crippen LogP contribution in [0.3, 0.4) is 0 Å². The minimum absolute atomic E-state index is 0.676. The highest BCUT2D eigenvalue weighted by molar-refractivity contribution is 9.10. The minimum Gasteiger partial charge on any atom is -0.496 e. The maximum atomic E-state index is 5.56. The number of halogens is 1. The largest absolute Gasteiger partial charge is 0.496 e. The van der Waals surface area contributed by atoms with Crippen molar-refractivity contribution in [1.29, 1.82) is 0 Å². The number of aryl methyl sites for hydroxylation is 1. The Morgan fingerprint density at radius 3 is 2.88 bits per heavy atom. The Labute approximate surface area is 106 Å². The molecule has 1 aliphatic carbocycles. The number of hydrogen-bond donors (Lipinski definition) is 0. The third kappa shape index (κ3) is 1.88. The molecule has 88 valence electrons. The Bertz CT molecular complexity index is 398. The smallest absolute Gasteiger partial charge is 0.122 e. The van der Waals surface area contributed by atoms with E-state index in [-0.39, 0.29) is 0 Å². The molecule has 0 saturated heterocycles. The van der Waals surface area contributed by atoms with Crippen LogP contribution in [-0.4, -0.2) is 7.11 Å². The highest BCUT2D eigenvalue weighted by Crippen LogP contribution is 2.43. The zero-order chi connectivity index (χ0) is 11.7. The molecule has 0 bridgehead atoms. The summed E-state index contributed by atoms with van der Waals surface area (Å²) in [7, 11) is 1.78. The summed E-state index contributed by atoms with van der Waals surface area (Å²) >= 11 is 3.73. The zero-order valence-corrected chi connectivity index (χ0v) is 11.9. The molecular formula is C14H19BrO. The van der Waals surface area contributed by atoms with Crippen molar-refractivity contribution in [2.24, 2.45) is 0 Å². The lowest BCUT2D eigenvalue weighted by atomic mass is 9.80. The third-order valence-corrected chi connectivity index (χ3v) is 4.75. The predicted octanol–water partition coefficient (Wildman–Crippen LogP) is 4.60. The topological polar surface area (TPSA) is 9.23 Å². The lowest BCUT2D eigenvalue weighted by Gasteiger charge is -2.28. The van der Waals surface area contributed by atoms with Gasteiger partial charge in [-0.15, -0.1) is 0 Å². The van der Waals surface area contributed by atoms with Crippen molar-refractivity contribution >= 4 is 15.9 Å². The van der Waals surface area contributed by atoms with Crippen LogP contribution in [0.1, 0.15) is 48.8 Å². The molecular weight excluding hydrogens is 264 g/mol. The van der Waals surface area contributed by atoms with Gasteiger partial charge in [-0.2, -0.15) is 0 Å². The van der Waals surface area contributed by atoms with Gasteiger partial charge in [-0.3, -0.25) is 0 Å². The van der Waals surface area contributed by atoms with Crippen molar-refractivity contribution in [3.05, 3.63) is 27.2 Å². The zero-order valence-electron chi connectivity index (χ0n) is 10.3. The Kier molecular flexibility index (Phi) is 3.58. The molecule has 0 saturated carbocycles. The molecule has 0 amide bonds. The normalized spacial score (nSPS) is 19.4. The molecule has 1 aromatic carbocycles. The summed E-state index contributed by atoms with van der Waals surface area (Å²) in [6.45, 7) is 4.41. The van der Waals surface area contributed by atoms with Gasteiger partial charge < -0.3 is 4.74 Å². The predicted molar refractivity (Wildman–Crippen MR) is 71.4 cm³/mol. The fourth-order valence-corrected chi connectivity index (χ4v) is 3.31. The Balaban J connectivity index is 2.62. The molecule has 0 aromatic heterocycles. The molecule has 1 aromatic rings. The summed E-state index contributed by atoms with van der Waals surface area (Å²) in [6, 6.07) is 2.16. The molecule has 0 unspecified atom stereocenters. The van der Waals surface area contributed by atoms with E-state index >= 15 is 0 Å². The average molecular weight is 283 g/mol. The fourth-order valence-electron chi connectivity index (χ4n) is 2.78. The number of methoxy groups -OCH3 is 1. The Hall–Kier alpha value is -0.500. The van der Waals surface area contributed by atoms with E-state index in [1.807, 2.05) is 0 Å². The lowest BCUT2D eigenvalue weighted by molar-refractivity contribution is 0.395. The van der Waals surface area contributed by atoms with Crippen molar-refractivity contribution in [3.63, 3.8) is 0 Å². The quantitative estimate of drug-likeness (QED) is 0.771. The first-order chi connectivity index (χ1) is 7.69. The first-order valence-electron chi connectivity index (χ1n) is 6.04. The molecule has 1 aliphatic rings. The summed E-state index contributed by atoms with van der Waals surface area (Å²) in [5.74, 6) is 1.76. The van der Waals surface area contributed by atoms with Crippen molar-refractivity contribution in [3.8, 4) is 5.75 Å². The van der Waals surface area contributed by atoms with Gasteiger partial charge in [-0.25, -0.2) is 0 Å². The van der Waals surface area contributed by atoms with Crippen molar-refractivity contribution in [2.45, 2.75) is 45.4 Å². The molecule has 16 heavy (non-hydrogen) atoms. The summed E-state index contributed by atoms with van der Waals surface area (Å²) in [5, 5.41) is 0. The molecule has 2 heteroatoms. The van der Waals surface area contributed by atoms with Crippen LogP contribution in [0, 0.1) is 6.92 Å². The fraction of sp³-hybridized carbons (Fsp3) is 0.571. The van der Waals surface area contributed by atoms with Crippen LogP contribution in [0.4, 0.5) is 0 Å². The van der Waals surface area contributed by atoms with Crippen LogP contribution in [0.25, 0.3) is 0 Å².